The first-order chi connectivity index (χ1) is 15.2. The van der Waals surface area contributed by atoms with E-state index in [0.29, 0.717) is 24.2 Å². The van der Waals surface area contributed by atoms with E-state index >= 15 is 0 Å². The minimum Gasteiger partial charge on any atom is -0.371 e. The molecule has 0 aliphatic heterocycles. The number of para-hydroxylation sites is 1. The summed E-state index contributed by atoms with van der Waals surface area (Å²) in [7, 11) is 0. The summed E-state index contributed by atoms with van der Waals surface area (Å²) in [6, 6.07) is 28.7. The van der Waals surface area contributed by atoms with E-state index in [1.807, 2.05) is 78.9 Å². The molecule has 160 valence electrons. The fourth-order valence-corrected chi connectivity index (χ4v) is 3.34. The van der Waals surface area contributed by atoms with Crippen molar-refractivity contribution < 1.29 is 9.59 Å². The molecular weight excluding hydrogens is 386 g/mol. The van der Waals surface area contributed by atoms with Gasteiger partial charge in [0.15, 0.2) is 0 Å². The van der Waals surface area contributed by atoms with Gasteiger partial charge in [-0.05, 0) is 49.2 Å². The summed E-state index contributed by atoms with van der Waals surface area (Å²) in [4.78, 5) is 26.7. The number of nitrogens with one attached hydrogen (secondary N) is 2. The van der Waals surface area contributed by atoms with Gasteiger partial charge in [0.05, 0.1) is 0 Å². The number of hydrogen-bond donors (Lipinski definition) is 2. The average molecular weight is 416 g/mol. The highest BCUT2D eigenvalue weighted by atomic mass is 16.2. The van der Waals surface area contributed by atoms with Crippen LogP contribution in [0, 0.1) is 0 Å². The zero-order valence-electron chi connectivity index (χ0n) is 17.7. The second-order valence-corrected chi connectivity index (χ2v) is 7.27. The van der Waals surface area contributed by atoms with Gasteiger partial charge in [-0.1, -0.05) is 54.6 Å². The highest BCUT2D eigenvalue weighted by Crippen LogP contribution is 2.14. The van der Waals surface area contributed by atoms with Crippen LogP contribution in [0.25, 0.3) is 0 Å². The van der Waals surface area contributed by atoms with Crippen LogP contribution < -0.4 is 15.5 Å². The van der Waals surface area contributed by atoms with Crippen molar-refractivity contribution >= 4 is 17.5 Å². The molecule has 31 heavy (non-hydrogen) atoms. The molecule has 0 aliphatic rings. The number of anilines is 1. The van der Waals surface area contributed by atoms with E-state index in [1.54, 1.807) is 0 Å². The first-order valence-corrected chi connectivity index (χ1v) is 10.7. The van der Waals surface area contributed by atoms with E-state index in [0.717, 1.165) is 31.6 Å². The first-order valence-electron chi connectivity index (χ1n) is 10.7. The Hall–Kier alpha value is -3.60. The monoisotopic (exact) mass is 415 g/mol. The lowest BCUT2D eigenvalue weighted by Gasteiger charge is -2.25. The number of amides is 2. The minimum absolute atomic E-state index is 0.0458. The number of benzene rings is 3. The van der Waals surface area contributed by atoms with Crippen LogP contribution in [-0.4, -0.2) is 38.0 Å². The Labute approximate surface area is 184 Å². The molecule has 3 rings (SSSR count). The van der Waals surface area contributed by atoms with Crippen molar-refractivity contribution in [3.05, 3.63) is 102 Å². The van der Waals surface area contributed by atoms with Crippen molar-refractivity contribution in [1.82, 2.24) is 10.6 Å². The van der Waals surface area contributed by atoms with E-state index in [1.165, 1.54) is 0 Å². The fourth-order valence-electron chi connectivity index (χ4n) is 3.34. The van der Waals surface area contributed by atoms with Crippen LogP contribution in [0.5, 0.6) is 0 Å². The molecule has 0 radical (unpaired) electrons. The van der Waals surface area contributed by atoms with Gasteiger partial charge in [0, 0.05) is 43.0 Å². The molecule has 0 saturated carbocycles. The normalized spacial score (nSPS) is 10.3. The second kappa shape index (κ2) is 12.2. The first kappa shape index (κ1) is 22.1. The molecule has 0 aromatic heterocycles. The van der Waals surface area contributed by atoms with Crippen molar-refractivity contribution in [3.8, 4) is 0 Å². The summed E-state index contributed by atoms with van der Waals surface area (Å²) in [5, 5.41) is 5.97. The largest absolute Gasteiger partial charge is 0.371 e. The van der Waals surface area contributed by atoms with Crippen molar-refractivity contribution in [2.75, 3.05) is 31.1 Å². The zero-order chi connectivity index (χ0) is 21.7. The van der Waals surface area contributed by atoms with Crippen molar-refractivity contribution in [2.24, 2.45) is 0 Å². The van der Waals surface area contributed by atoms with Gasteiger partial charge in [0.1, 0.15) is 0 Å². The third-order valence-corrected chi connectivity index (χ3v) is 4.97. The van der Waals surface area contributed by atoms with Crippen molar-refractivity contribution in [2.45, 2.75) is 12.8 Å². The van der Waals surface area contributed by atoms with Gasteiger partial charge >= 0.3 is 0 Å². The lowest BCUT2D eigenvalue weighted by atomic mass is 10.2. The highest BCUT2D eigenvalue weighted by molar-refractivity contribution is 5.94. The van der Waals surface area contributed by atoms with E-state index in [-0.39, 0.29) is 11.8 Å². The summed E-state index contributed by atoms with van der Waals surface area (Å²) in [5.41, 5.74) is 2.50. The summed E-state index contributed by atoms with van der Waals surface area (Å²) in [6.07, 6.45) is 1.67. The standard InChI is InChI=1S/C26H29N3O2/c30-25(22-12-4-1-5-13-22)27-18-10-20-29(24-16-8-3-9-17-24)21-11-19-28-26(31)23-14-6-2-7-15-23/h1-9,12-17H,10-11,18-21H2,(H,27,30)(H,28,31). The molecule has 5 heteroatoms. The van der Waals surface area contributed by atoms with Gasteiger partial charge in [-0.2, -0.15) is 0 Å². The molecule has 2 amide bonds. The van der Waals surface area contributed by atoms with Gasteiger partial charge in [-0.15, -0.1) is 0 Å². The van der Waals surface area contributed by atoms with Crippen LogP contribution in [0.2, 0.25) is 0 Å². The van der Waals surface area contributed by atoms with E-state index in [4.69, 9.17) is 0 Å². The molecule has 0 bridgehead atoms. The third-order valence-electron chi connectivity index (χ3n) is 4.97. The molecule has 5 nitrogen and oxygen atoms in total. The van der Waals surface area contributed by atoms with Gasteiger partial charge < -0.3 is 15.5 Å². The molecular formula is C26H29N3O2. The Kier molecular flexibility index (Phi) is 8.68. The molecule has 0 spiro atoms. The highest BCUT2D eigenvalue weighted by Gasteiger charge is 2.09. The van der Waals surface area contributed by atoms with Crippen LogP contribution in [0.15, 0.2) is 91.0 Å². The number of nitrogens with zero attached hydrogens (tertiary/aromatic N) is 1. The van der Waals surface area contributed by atoms with E-state index in [2.05, 4.69) is 27.7 Å². The summed E-state index contributed by atoms with van der Waals surface area (Å²) in [5.74, 6) is -0.0917. The molecule has 0 unspecified atom stereocenters. The molecule has 0 heterocycles. The van der Waals surface area contributed by atoms with E-state index in [9.17, 15) is 9.59 Å². The zero-order valence-corrected chi connectivity index (χ0v) is 17.7. The van der Waals surface area contributed by atoms with Crippen molar-refractivity contribution in [3.63, 3.8) is 0 Å². The van der Waals surface area contributed by atoms with Gasteiger partial charge in [0.2, 0.25) is 0 Å². The summed E-state index contributed by atoms with van der Waals surface area (Å²) >= 11 is 0. The third kappa shape index (κ3) is 7.30. The molecule has 3 aromatic carbocycles. The Morgan fingerprint density at radius 2 is 0.968 bits per heavy atom. The predicted octanol–water partition coefficient (Wildman–Crippen LogP) is 4.13. The topological polar surface area (TPSA) is 61.4 Å². The Balaban J connectivity index is 1.44. The maximum atomic E-state index is 12.2. The Morgan fingerprint density at radius 1 is 0.581 bits per heavy atom. The number of hydrogen-bond acceptors (Lipinski definition) is 3. The second-order valence-electron chi connectivity index (χ2n) is 7.27. The quantitative estimate of drug-likeness (QED) is 0.463. The number of rotatable bonds is 11. The van der Waals surface area contributed by atoms with Crippen LogP contribution in [0.1, 0.15) is 33.6 Å². The van der Waals surface area contributed by atoms with Gasteiger partial charge in [0.25, 0.3) is 11.8 Å². The van der Waals surface area contributed by atoms with Crippen LogP contribution in [0.4, 0.5) is 5.69 Å². The van der Waals surface area contributed by atoms with Crippen LogP contribution in [-0.2, 0) is 0 Å². The minimum atomic E-state index is -0.0458. The van der Waals surface area contributed by atoms with Gasteiger partial charge in [-0.3, -0.25) is 9.59 Å². The van der Waals surface area contributed by atoms with Gasteiger partial charge in [-0.25, -0.2) is 0 Å². The summed E-state index contributed by atoms with van der Waals surface area (Å²) < 4.78 is 0. The molecule has 3 aromatic rings. The molecule has 0 atom stereocenters. The maximum Gasteiger partial charge on any atom is 0.251 e. The van der Waals surface area contributed by atoms with Crippen LogP contribution >= 0.6 is 0 Å². The van der Waals surface area contributed by atoms with Crippen molar-refractivity contribution in [1.29, 1.82) is 0 Å². The summed E-state index contributed by atoms with van der Waals surface area (Å²) in [6.45, 7) is 2.88. The molecule has 0 fully saturated rings. The fraction of sp³-hybridized carbons (Fsp3) is 0.231. The molecule has 0 saturated heterocycles. The predicted molar refractivity (Wildman–Crippen MR) is 125 cm³/mol. The Bertz CT molecular complexity index is 871. The van der Waals surface area contributed by atoms with Crippen LogP contribution in [0.3, 0.4) is 0 Å². The lowest BCUT2D eigenvalue weighted by molar-refractivity contribution is 0.0945. The average Bonchev–Trinajstić information content (AvgIpc) is 2.84. The SMILES string of the molecule is O=C(NCCCN(CCCNC(=O)c1ccccc1)c1ccccc1)c1ccccc1. The molecule has 0 aliphatic carbocycles. The lowest BCUT2D eigenvalue weighted by Crippen LogP contribution is -2.32. The number of carbonyl (C=O) groups is 2. The Morgan fingerprint density at radius 3 is 1.39 bits per heavy atom. The number of carbonyl (C=O) groups excluding carboxylic acids is 2. The molecule has 2 N–H and O–H groups in total. The maximum absolute atomic E-state index is 12.2. The smallest absolute Gasteiger partial charge is 0.251 e. The van der Waals surface area contributed by atoms with E-state index < -0.39 is 0 Å².